The van der Waals surface area contributed by atoms with Gasteiger partial charge in [0.25, 0.3) is 0 Å². The largest absolute Gasteiger partial charge is 0.416 e. The van der Waals surface area contributed by atoms with Crippen LogP contribution >= 0.6 is 0 Å². The second-order valence-corrected chi connectivity index (χ2v) is 10.6. The summed E-state index contributed by atoms with van der Waals surface area (Å²) in [5.74, 6) is -0.0964. The number of sulfone groups is 1. The van der Waals surface area contributed by atoms with Gasteiger partial charge in [0.2, 0.25) is 0 Å². The number of rotatable bonds is 7. The van der Waals surface area contributed by atoms with Gasteiger partial charge in [-0.1, -0.05) is 50.2 Å². The molecule has 0 bridgehead atoms. The summed E-state index contributed by atoms with van der Waals surface area (Å²) in [4.78, 5) is 12.0. The first-order valence-electron chi connectivity index (χ1n) is 10.5. The number of halogens is 3. The number of benzene rings is 3. The number of hydrogen-bond donors (Lipinski definition) is 0. The van der Waals surface area contributed by atoms with Crippen LogP contribution in [-0.4, -0.2) is 21.0 Å². The maximum Gasteiger partial charge on any atom is 0.416 e. The van der Waals surface area contributed by atoms with E-state index < -0.39 is 21.6 Å². The van der Waals surface area contributed by atoms with E-state index in [2.05, 4.69) is 0 Å². The Morgan fingerprint density at radius 1 is 0.818 bits per heavy atom. The number of aldehydes is 1. The molecule has 0 spiro atoms. The Morgan fingerprint density at radius 3 is 1.70 bits per heavy atom. The molecule has 174 valence electrons. The molecule has 7 heteroatoms. The minimum atomic E-state index is -4.42. The van der Waals surface area contributed by atoms with Crippen molar-refractivity contribution in [2.45, 2.75) is 37.3 Å². The molecule has 3 rings (SSSR count). The third-order valence-corrected chi connectivity index (χ3v) is 6.56. The van der Waals surface area contributed by atoms with Gasteiger partial charge >= 0.3 is 6.18 Å². The summed E-state index contributed by atoms with van der Waals surface area (Å²) in [7, 11) is -3.35. The first-order valence-corrected chi connectivity index (χ1v) is 12.4. The smallest absolute Gasteiger partial charge is 0.303 e. The van der Waals surface area contributed by atoms with Crippen LogP contribution in [0.25, 0.3) is 22.3 Å². The standard InChI is InChI=1S/C26H25F3O3S/c1-17(2)12-23(16-30)22-14-20(18-4-8-24(9-5-18)26(27,28)29)13-21(15-22)19-6-10-25(11-7-19)33(3,31)32/h4-11,13-17,23H,12H2,1-3H3. The molecule has 0 heterocycles. The van der Waals surface area contributed by atoms with Gasteiger partial charge in [-0.25, -0.2) is 8.42 Å². The van der Waals surface area contributed by atoms with E-state index in [9.17, 15) is 26.4 Å². The monoisotopic (exact) mass is 474 g/mol. The predicted octanol–water partition coefficient (Wildman–Crippen LogP) is 6.77. The Bertz CT molecular complexity index is 1230. The van der Waals surface area contributed by atoms with Gasteiger partial charge in [0.05, 0.1) is 10.5 Å². The molecule has 0 aliphatic heterocycles. The van der Waals surface area contributed by atoms with E-state index in [-0.39, 0.29) is 16.7 Å². The van der Waals surface area contributed by atoms with E-state index in [0.717, 1.165) is 41.4 Å². The van der Waals surface area contributed by atoms with Crippen LogP contribution in [0, 0.1) is 5.92 Å². The minimum Gasteiger partial charge on any atom is -0.303 e. The van der Waals surface area contributed by atoms with Crippen molar-refractivity contribution in [2.24, 2.45) is 5.92 Å². The number of hydrogen-bond acceptors (Lipinski definition) is 3. The van der Waals surface area contributed by atoms with Crippen molar-refractivity contribution in [2.75, 3.05) is 6.26 Å². The van der Waals surface area contributed by atoms with E-state index in [0.29, 0.717) is 17.5 Å². The topological polar surface area (TPSA) is 51.2 Å². The van der Waals surface area contributed by atoms with Gasteiger partial charge in [-0.05, 0) is 70.5 Å². The molecule has 0 saturated carbocycles. The van der Waals surface area contributed by atoms with Crippen LogP contribution < -0.4 is 0 Å². The van der Waals surface area contributed by atoms with Gasteiger partial charge in [0, 0.05) is 12.2 Å². The highest BCUT2D eigenvalue weighted by atomic mass is 32.2. The molecule has 33 heavy (non-hydrogen) atoms. The van der Waals surface area contributed by atoms with Crippen molar-refractivity contribution >= 4 is 16.1 Å². The molecule has 0 N–H and O–H groups in total. The Kier molecular flexibility index (Phi) is 7.12. The van der Waals surface area contributed by atoms with E-state index in [1.807, 2.05) is 32.0 Å². The van der Waals surface area contributed by atoms with Crippen molar-refractivity contribution in [3.63, 3.8) is 0 Å². The lowest BCUT2D eigenvalue weighted by Crippen LogP contribution is -2.05. The van der Waals surface area contributed by atoms with Crippen molar-refractivity contribution in [1.82, 2.24) is 0 Å². The molecule has 0 saturated heterocycles. The molecule has 3 nitrogen and oxygen atoms in total. The van der Waals surface area contributed by atoms with Gasteiger partial charge in [0.15, 0.2) is 9.84 Å². The van der Waals surface area contributed by atoms with Crippen LogP contribution in [0.1, 0.15) is 37.3 Å². The maximum atomic E-state index is 13.0. The highest BCUT2D eigenvalue weighted by Crippen LogP contribution is 2.35. The molecule has 1 unspecified atom stereocenters. The summed E-state index contributed by atoms with van der Waals surface area (Å²) in [5, 5.41) is 0. The Balaban J connectivity index is 2.13. The number of alkyl halides is 3. The van der Waals surface area contributed by atoms with Gasteiger partial charge in [-0.3, -0.25) is 0 Å². The van der Waals surface area contributed by atoms with Crippen LogP contribution in [0.2, 0.25) is 0 Å². The predicted molar refractivity (Wildman–Crippen MR) is 124 cm³/mol. The summed E-state index contributed by atoms with van der Waals surface area (Å²) < 4.78 is 62.5. The Hall–Kier alpha value is -2.93. The highest BCUT2D eigenvalue weighted by molar-refractivity contribution is 7.90. The molecular formula is C26H25F3O3S. The van der Waals surface area contributed by atoms with Gasteiger partial charge < -0.3 is 4.79 Å². The molecular weight excluding hydrogens is 449 g/mol. The fraction of sp³-hybridized carbons (Fsp3) is 0.269. The van der Waals surface area contributed by atoms with Crippen LogP contribution in [0.4, 0.5) is 13.2 Å². The SMILES string of the molecule is CC(C)CC(C=O)c1cc(-c2ccc(C(F)(F)F)cc2)cc(-c2ccc(S(C)(=O)=O)cc2)c1. The van der Waals surface area contributed by atoms with Crippen molar-refractivity contribution in [3.05, 3.63) is 77.9 Å². The lowest BCUT2D eigenvalue weighted by atomic mass is 9.87. The van der Waals surface area contributed by atoms with E-state index >= 15 is 0 Å². The molecule has 3 aromatic rings. The van der Waals surface area contributed by atoms with Gasteiger partial charge in [0.1, 0.15) is 6.29 Å². The zero-order chi connectivity index (χ0) is 24.4. The first-order chi connectivity index (χ1) is 15.4. The lowest BCUT2D eigenvalue weighted by Gasteiger charge is -2.17. The average molecular weight is 475 g/mol. The van der Waals surface area contributed by atoms with Gasteiger partial charge in [-0.15, -0.1) is 0 Å². The summed E-state index contributed by atoms with van der Waals surface area (Å²) in [6, 6.07) is 16.8. The van der Waals surface area contributed by atoms with E-state index in [4.69, 9.17) is 0 Å². The molecule has 0 radical (unpaired) electrons. The molecule has 0 aliphatic carbocycles. The summed E-state index contributed by atoms with van der Waals surface area (Å²) in [6.45, 7) is 4.03. The lowest BCUT2D eigenvalue weighted by molar-refractivity contribution is -0.137. The Morgan fingerprint density at radius 2 is 1.30 bits per heavy atom. The third-order valence-electron chi connectivity index (χ3n) is 5.43. The Labute approximate surface area is 192 Å². The van der Waals surface area contributed by atoms with Crippen LogP contribution in [0.15, 0.2) is 71.6 Å². The van der Waals surface area contributed by atoms with Crippen LogP contribution in [-0.2, 0) is 20.8 Å². The normalized spacial score (nSPS) is 13.2. The number of carbonyl (C=O) groups is 1. The van der Waals surface area contributed by atoms with Crippen molar-refractivity contribution in [3.8, 4) is 22.3 Å². The molecule has 3 aromatic carbocycles. The zero-order valence-corrected chi connectivity index (χ0v) is 19.4. The fourth-order valence-corrected chi connectivity index (χ4v) is 4.35. The van der Waals surface area contributed by atoms with E-state index in [1.165, 1.54) is 24.3 Å². The molecule has 0 aromatic heterocycles. The summed E-state index contributed by atoms with van der Waals surface area (Å²) in [6.07, 6.45) is -1.77. The maximum absolute atomic E-state index is 13.0. The molecule has 0 fully saturated rings. The molecule has 0 amide bonds. The molecule has 1 atom stereocenters. The minimum absolute atomic E-state index is 0.191. The first kappa shape index (κ1) is 24.7. The van der Waals surface area contributed by atoms with Crippen LogP contribution in [0.5, 0.6) is 0 Å². The highest BCUT2D eigenvalue weighted by Gasteiger charge is 2.30. The fourth-order valence-electron chi connectivity index (χ4n) is 3.72. The third kappa shape index (κ3) is 6.11. The molecule has 0 aliphatic rings. The van der Waals surface area contributed by atoms with Crippen LogP contribution in [0.3, 0.4) is 0 Å². The van der Waals surface area contributed by atoms with E-state index in [1.54, 1.807) is 12.1 Å². The second-order valence-electron chi connectivity index (χ2n) is 8.59. The quantitative estimate of drug-likeness (QED) is 0.355. The zero-order valence-electron chi connectivity index (χ0n) is 18.6. The second kappa shape index (κ2) is 9.51. The van der Waals surface area contributed by atoms with Crippen molar-refractivity contribution in [1.29, 1.82) is 0 Å². The van der Waals surface area contributed by atoms with Crippen molar-refractivity contribution < 1.29 is 26.4 Å². The average Bonchev–Trinajstić information content (AvgIpc) is 2.76. The summed E-state index contributed by atoms with van der Waals surface area (Å²) in [5.41, 5.74) is 2.79. The van der Waals surface area contributed by atoms with Gasteiger partial charge in [-0.2, -0.15) is 13.2 Å². The summed E-state index contributed by atoms with van der Waals surface area (Å²) >= 11 is 0. The number of carbonyl (C=O) groups excluding carboxylic acids is 1.